The highest BCUT2D eigenvalue weighted by molar-refractivity contribution is 7.10. The lowest BCUT2D eigenvalue weighted by Crippen LogP contribution is -2.25. The zero-order valence-electron chi connectivity index (χ0n) is 24.0. The number of nitrogens with one attached hydrogen (secondary N) is 1. The van der Waals surface area contributed by atoms with E-state index in [1.54, 1.807) is 29.7 Å². The lowest BCUT2D eigenvalue weighted by molar-refractivity contribution is 0.296. The molecule has 1 saturated heterocycles. The van der Waals surface area contributed by atoms with Crippen LogP contribution in [-0.4, -0.2) is 46.4 Å². The number of nitriles is 1. The van der Waals surface area contributed by atoms with E-state index in [1.165, 1.54) is 23.3 Å². The van der Waals surface area contributed by atoms with Crippen LogP contribution < -0.4 is 5.73 Å². The third-order valence-corrected chi connectivity index (χ3v) is 9.24. The van der Waals surface area contributed by atoms with Crippen molar-refractivity contribution in [3.8, 4) is 6.07 Å². The summed E-state index contributed by atoms with van der Waals surface area (Å²) >= 11 is 1.70. The van der Waals surface area contributed by atoms with E-state index in [1.807, 2.05) is 11.4 Å². The number of nitrogens with zero attached hydrogens (tertiary/aromatic N) is 5. The van der Waals surface area contributed by atoms with Gasteiger partial charge in [-0.2, -0.15) is 5.26 Å². The van der Waals surface area contributed by atoms with Gasteiger partial charge in [0.2, 0.25) is 0 Å². The van der Waals surface area contributed by atoms with Crippen LogP contribution in [-0.2, 0) is 12.8 Å². The van der Waals surface area contributed by atoms with Gasteiger partial charge in [-0.3, -0.25) is 5.41 Å². The number of fused-ring (bicyclic) bond motifs is 1. The third kappa shape index (κ3) is 6.83. The predicted molar refractivity (Wildman–Crippen MR) is 166 cm³/mol. The van der Waals surface area contributed by atoms with Gasteiger partial charge in [0.1, 0.15) is 11.8 Å². The highest BCUT2D eigenvalue weighted by atomic mass is 32.1. The summed E-state index contributed by atoms with van der Waals surface area (Å²) in [7, 11) is 2.19. The molecule has 40 heavy (non-hydrogen) atoms. The van der Waals surface area contributed by atoms with Crippen molar-refractivity contribution >= 4 is 29.1 Å². The molecular weight excluding hydrogens is 514 g/mol. The minimum Gasteiger partial charge on any atom is -0.399 e. The zero-order valence-corrected chi connectivity index (χ0v) is 24.9. The maximum Gasteiger partial charge on any atom is 0.180 e. The van der Waals surface area contributed by atoms with Gasteiger partial charge in [0.15, 0.2) is 11.6 Å². The fraction of sp³-hybridized carbons (Fsp3) is 0.469. The summed E-state index contributed by atoms with van der Waals surface area (Å²) in [6.07, 6.45) is 13.9. The fourth-order valence-electron chi connectivity index (χ4n) is 5.94. The topological polar surface area (TPSA) is 115 Å². The Bertz CT molecular complexity index is 1370. The molecule has 1 aliphatic carbocycles. The summed E-state index contributed by atoms with van der Waals surface area (Å²) in [5, 5.41) is 21.1. The van der Waals surface area contributed by atoms with E-state index in [0.29, 0.717) is 29.1 Å². The largest absolute Gasteiger partial charge is 0.399 e. The van der Waals surface area contributed by atoms with Gasteiger partial charge in [-0.05, 0) is 95.2 Å². The van der Waals surface area contributed by atoms with Crippen LogP contribution in [0.4, 0.5) is 5.82 Å². The van der Waals surface area contributed by atoms with Crippen molar-refractivity contribution in [2.45, 2.75) is 83.6 Å². The number of thiophene rings is 1. The number of aliphatic imine (C=N–C) groups is 1. The minimum atomic E-state index is 0.150. The molecule has 0 amide bonds. The first-order valence-corrected chi connectivity index (χ1v) is 15.2. The molecule has 8 heteroatoms. The second-order valence-corrected chi connectivity index (χ2v) is 11.8. The molecule has 210 valence electrons. The lowest BCUT2D eigenvalue weighted by atomic mass is 9.78. The first-order chi connectivity index (χ1) is 19.4. The standard InChI is InChI=1S/C32H41N7S/c1-5-9-27(21(3)26-11-7-12-28-30(26)22(19-33)20-40-28)31(35)32-37-24(13-14-25-10-8-17-39(25)4)18-29(38-32)36-16-15-23(34)6-2/h6,15-16,18,20,25-26,35H,2,5,7-14,17,34H2,1,3-4H3/b23-15-,27-21+,35-31?,36-16?/t25-,26?/m0/s1. The molecule has 1 unspecified atom stereocenters. The highest BCUT2D eigenvalue weighted by Crippen LogP contribution is 2.43. The zero-order chi connectivity index (χ0) is 28.6. The Kier molecular flexibility index (Phi) is 10.2. The molecule has 3 heterocycles. The molecule has 4 rings (SSSR count). The molecule has 1 fully saturated rings. The van der Waals surface area contributed by atoms with Crippen LogP contribution in [0.3, 0.4) is 0 Å². The Balaban J connectivity index is 1.71. The quantitative estimate of drug-likeness (QED) is 0.234. The molecule has 0 saturated carbocycles. The van der Waals surface area contributed by atoms with Crippen LogP contribution in [0.15, 0.2) is 52.0 Å². The Labute approximate surface area is 242 Å². The normalized spacial score (nSPS) is 20.3. The summed E-state index contributed by atoms with van der Waals surface area (Å²) in [6.45, 7) is 9.10. The van der Waals surface area contributed by atoms with Crippen molar-refractivity contribution in [3.63, 3.8) is 0 Å². The first kappa shape index (κ1) is 29.6. The van der Waals surface area contributed by atoms with Gasteiger partial charge in [0.05, 0.1) is 5.56 Å². The van der Waals surface area contributed by atoms with Crippen molar-refractivity contribution in [1.82, 2.24) is 14.9 Å². The van der Waals surface area contributed by atoms with E-state index in [-0.39, 0.29) is 5.92 Å². The molecule has 0 bridgehead atoms. The van der Waals surface area contributed by atoms with Gasteiger partial charge >= 0.3 is 0 Å². The fourth-order valence-corrected chi connectivity index (χ4v) is 7.02. The molecule has 7 nitrogen and oxygen atoms in total. The molecule has 0 radical (unpaired) electrons. The summed E-state index contributed by atoms with van der Waals surface area (Å²) in [5.41, 5.74) is 11.7. The van der Waals surface area contributed by atoms with Crippen molar-refractivity contribution in [1.29, 1.82) is 10.7 Å². The van der Waals surface area contributed by atoms with E-state index < -0.39 is 0 Å². The van der Waals surface area contributed by atoms with Crippen molar-refractivity contribution in [2.24, 2.45) is 10.7 Å². The third-order valence-electron chi connectivity index (χ3n) is 8.18. The molecule has 2 aliphatic rings. The predicted octanol–water partition coefficient (Wildman–Crippen LogP) is 6.77. The second kappa shape index (κ2) is 13.8. The number of aryl methyl sites for hydroxylation is 2. The number of rotatable bonds is 11. The van der Waals surface area contributed by atoms with Crippen LogP contribution in [0.1, 0.15) is 92.2 Å². The molecule has 2 aromatic rings. The van der Waals surface area contributed by atoms with Crippen molar-refractivity contribution < 1.29 is 0 Å². The molecule has 3 N–H and O–H groups in total. The number of hydrogen-bond acceptors (Lipinski definition) is 8. The molecule has 2 atom stereocenters. The Morgan fingerprint density at radius 2 is 2.17 bits per heavy atom. The maximum absolute atomic E-state index is 9.78. The molecular formula is C32H41N7S. The minimum absolute atomic E-state index is 0.150. The average molecular weight is 556 g/mol. The monoisotopic (exact) mass is 555 g/mol. The number of likely N-dealkylation sites (tertiary alicyclic amines) is 1. The molecule has 1 aliphatic heterocycles. The smallest absolute Gasteiger partial charge is 0.180 e. The van der Waals surface area contributed by atoms with Gasteiger partial charge in [-0.15, -0.1) is 11.3 Å². The summed E-state index contributed by atoms with van der Waals surface area (Å²) in [5.74, 6) is 1.09. The number of aromatic nitrogens is 2. The van der Waals surface area contributed by atoms with Crippen LogP contribution in [0.2, 0.25) is 0 Å². The van der Waals surface area contributed by atoms with Crippen LogP contribution >= 0.6 is 11.3 Å². The van der Waals surface area contributed by atoms with Gasteiger partial charge in [-0.25, -0.2) is 15.0 Å². The van der Waals surface area contributed by atoms with Crippen LogP contribution in [0, 0.1) is 16.7 Å². The van der Waals surface area contributed by atoms with Crippen LogP contribution in [0.25, 0.3) is 0 Å². The maximum atomic E-state index is 9.78. The first-order valence-electron chi connectivity index (χ1n) is 14.4. The van der Waals surface area contributed by atoms with Crippen molar-refractivity contribution in [3.05, 3.63) is 74.5 Å². The van der Waals surface area contributed by atoms with E-state index >= 15 is 0 Å². The Morgan fingerprint density at radius 1 is 1.35 bits per heavy atom. The number of allylic oxidation sites excluding steroid dienone is 4. The molecule has 2 aromatic heterocycles. The highest BCUT2D eigenvalue weighted by Gasteiger charge is 2.29. The van der Waals surface area contributed by atoms with Crippen LogP contribution in [0.5, 0.6) is 0 Å². The summed E-state index contributed by atoms with van der Waals surface area (Å²) < 4.78 is 0. The van der Waals surface area contributed by atoms with E-state index in [9.17, 15) is 10.7 Å². The van der Waals surface area contributed by atoms with Gasteiger partial charge in [-0.1, -0.05) is 25.5 Å². The Morgan fingerprint density at radius 3 is 2.88 bits per heavy atom. The van der Waals surface area contributed by atoms with E-state index in [0.717, 1.165) is 73.9 Å². The lowest BCUT2D eigenvalue weighted by Gasteiger charge is -2.26. The van der Waals surface area contributed by atoms with E-state index in [2.05, 4.69) is 43.4 Å². The van der Waals surface area contributed by atoms with Gasteiger partial charge < -0.3 is 10.6 Å². The molecule has 0 spiro atoms. The number of nitrogens with two attached hydrogens (primary N) is 1. The van der Waals surface area contributed by atoms with Gasteiger partial charge in [0.25, 0.3) is 0 Å². The Hall–Kier alpha value is -3.41. The SMILES string of the molecule is C=C/C(N)=C/C=Nc1cc(CC[C@@H]2CCCN2C)nc(C(=N)/C(CCC)=C(\C)C2CCCc3scc(C#N)c32)n1. The van der Waals surface area contributed by atoms with Gasteiger partial charge in [0, 0.05) is 45.9 Å². The summed E-state index contributed by atoms with van der Waals surface area (Å²) in [4.78, 5) is 17.9. The second-order valence-electron chi connectivity index (χ2n) is 10.8. The van der Waals surface area contributed by atoms with Crippen molar-refractivity contribution in [2.75, 3.05) is 13.6 Å². The number of hydrogen-bond donors (Lipinski definition) is 2. The average Bonchev–Trinajstić information content (AvgIpc) is 3.59. The summed E-state index contributed by atoms with van der Waals surface area (Å²) in [6, 6.07) is 4.89. The van der Waals surface area contributed by atoms with E-state index in [4.69, 9.17) is 15.7 Å². The molecule has 0 aromatic carbocycles.